The van der Waals surface area contributed by atoms with E-state index in [9.17, 15) is 81.5 Å². The number of anilines is 3. The molecule has 702 valence electrons. The highest BCUT2D eigenvalue weighted by atomic mass is 35.5. The van der Waals surface area contributed by atoms with Gasteiger partial charge in [-0.15, -0.1) is 35.3 Å². The first-order valence-corrected chi connectivity index (χ1v) is 45.3. The van der Waals surface area contributed by atoms with E-state index in [0.717, 1.165) is 66.0 Å². The van der Waals surface area contributed by atoms with Gasteiger partial charge in [0.2, 0.25) is 17.7 Å². The van der Waals surface area contributed by atoms with Crippen LogP contribution >= 0.6 is 58.5 Å². The van der Waals surface area contributed by atoms with Gasteiger partial charge in [-0.1, -0.05) is 61.1 Å². The van der Waals surface area contributed by atoms with Crippen LogP contribution in [0.1, 0.15) is 30.5 Å². The van der Waals surface area contributed by atoms with E-state index in [2.05, 4.69) is 34.7 Å². The van der Waals surface area contributed by atoms with Gasteiger partial charge in [0.15, 0.2) is 0 Å². The van der Waals surface area contributed by atoms with Crippen molar-refractivity contribution in [2.24, 2.45) is 0 Å². The fourth-order valence-corrected chi connectivity index (χ4v) is 20.9. The Morgan fingerprint density at radius 3 is 1.15 bits per heavy atom. The Morgan fingerprint density at radius 2 is 0.786 bits per heavy atom. The van der Waals surface area contributed by atoms with Crippen LogP contribution in [0.3, 0.4) is 0 Å². The maximum atomic E-state index is 15.3. The highest BCUT2D eigenvalue weighted by Crippen LogP contribution is 2.54. The van der Waals surface area contributed by atoms with Gasteiger partial charge in [0, 0.05) is 174 Å². The van der Waals surface area contributed by atoms with Gasteiger partial charge in [-0.2, -0.15) is 54.5 Å². The fourth-order valence-electron chi connectivity index (χ4n) is 16.7. The van der Waals surface area contributed by atoms with Crippen molar-refractivity contribution in [2.75, 3.05) is 179 Å². The summed E-state index contributed by atoms with van der Waals surface area (Å²) in [4.78, 5) is 107. The first-order valence-electron chi connectivity index (χ1n) is 41.6. The minimum Gasteiger partial charge on any atom is -0.374 e. The van der Waals surface area contributed by atoms with Crippen molar-refractivity contribution >= 4 is 126 Å². The summed E-state index contributed by atoms with van der Waals surface area (Å²) in [5, 5.41) is -0.494. The molecule has 0 radical (unpaired) electrons. The second kappa shape index (κ2) is 41.0. The second-order valence-electron chi connectivity index (χ2n) is 32.8. The minimum atomic E-state index is -4.98. The van der Waals surface area contributed by atoms with Crippen molar-refractivity contribution in [2.45, 2.75) is 97.1 Å². The number of aromatic nitrogens is 6. The standard InChI is InChI=1S/C31H35F4N5O3S.C29H29ClF5N5O3S.C29H30ClF4N5O3S/c1-6-25(41)40-18(2)14-38(15-19(40)3)29-23-13-24(31(33,34)35)26(20-7-9-21(32)10-8-20)28-27(23)39(30(42)36-29)16-22(17-44-28)43-12-11-37(4)5;1-4-23(41)38-5-7-39(8-6-38)27-18-11-19(29(33,34)35)24(17-12-20(30)22(32)13-21(17)31)26-25(18)40(28(42)36-27)14-16(15-44-26)43-10-9-37(2)3;1-4-23(40)37-7-9-38(10-8-37)27-19-14-20(29(32,33)34)24(17-5-6-22(31)21(30)13-17)26-25(19)39(28(41)35-27)15-18(16-43-26)42-12-11-36(2)3/h6-10,13,18-19,22H,1,11-12,14-17H2,2-5H3;4,11-13,16H,1,5-10,14-15H2,2-3H3;4-6,13-14,18H,1,7-12,15-16H2,2-3H3/t18-,19+,22?;;. The fraction of sp³-hybridized carbons (Fsp3) is 0.427. The Bertz CT molecular complexity index is 6060. The summed E-state index contributed by atoms with van der Waals surface area (Å²) < 4.78 is 213. The quantitative estimate of drug-likeness (QED) is 0.0371. The zero-order valence-electron chi connectivity index (χ0n) is 72.5. The molecule has 0 bridgehead atoms. The molecule has 131 heavy (non-hydrogen) atoms. The van der Waals surface area contributed by atoms with Crippen LogP contribution in [0.4, 0.5) is 74.5 Å². The topological polar surface area (TPSA) is 213 Å². The number of piperazine rings is 3. The third kappa shape index (κ3) is 21.7. The van der Waals surface area contributed by atoms with Gasteiger partial charge >= 0.3 is 35.6 Å². The lowest BCUT2D eigenvalue weighted by Gasteiger charge is -2.44. The smallest absolute Gasteiger partial charge is 0.374 e. The largest absolute Gasteiger partial charge is 0.417 e. The van der Waals surface area contributed by atoms with Crippen molar-refractivity contribution in [3.05, 3.63) is 192 Å². The molecular formula is C89H94Cl2F13N15O9S3. The molecule has 0 spiro atoms. The first-order chi connectivity index (χ1) is 62.0. The Kier molecular flexibility index (Phi) is 30.9. The SMILES string of the molecule is C=CC(=O)N1CCN(c2nc(=O)n3c4c(c(-c5cc(Cl)c(F)cc5F)c(C(F)(F)F)cc24)SCC(OCCN(C)C)C3)CC1.C=CC(=O)N1CCN(c2nc(=O)n3c4c(c(-c5ccc(F)c(Cl)c5)c(C(F)(F)F)cc24)SCC(OCCN(C)C)C3)CC1.C=CC(=O)N1[C@H](C)CN(c2nc(=O)n3c4c(c(-c5ccc(F)cc5)c(C(F)(F)F)cc24)SCC(OCCN(C)C)C3)C[C@@H]1C. The molecular weight excluding hydrogens is 1840 g/mol. The zero-order chi connectivity index (χ0) is 94.9. The van der Waals surface area contributed by atoms with E-state index in [1.54, 1.807) is 29.4 Å². The summed E-state index contributed by atoms with van der Waals surface area (Å²) in [7, 11) is 11.3. The third-order valence-corrected chi connectivity index (χ3v) is 27.2. The van der Waals surface area contributed by atoms with Crippen molar-refractivity contribution in [3.63, 3.8) is 0 Å². The van der Waals surface area contributed by atoms with Gasteiger partial charge in [-0.05, 0) is 134 Å². The number of likely N-dealkylation sites (N-methyl/N-ethyl adjacent to an activating group) is 3. The maximum absolute atomic E-state index is 15.3. The van der Waals surface area contributed by atoms with Gasteiger partial charge < -0.3 is 58.3 Å². The van der Waals surface area contributed by atoms with E-state index in [1.807, 2.05) is 70.8 Å². The number of benzene rings is 6. The molecule has 0 aliphatic carbocycles. The van der Waals surface area contributed by atoms with Crippen LogP contribution in [0.5, 0.6) is 0 Å². The number of hydrogen-bond acceptors (Lipinski definition) is 21. The first kappa shape index (κ1) is 98.7. The molecule has 3 fully saturated rings. The molecule has 3 aromatic heterocycles. The van der Waals surface area contributed by atoms with E-state index in [1.165, 1.54) is 68.0 Å². The van der Waals surface area contributed by atoms with E-state index >= 15 is 4.39 Å². The number of alkyl halides is 9. The van der Waals surface area contributed by atoms with Crippen molar-refractivity contribution in [3.8, 4) is 33.4 Å². The van der Waals surface area contributed by atoms with E-state index in [0.29, 0.717) is 75.4 Å². The molecule has 42 heteroatoms. The average molecular weight is 1930 g/mol. The van der Waals surface area contributed by atoms with Gasteiger partial charge in [-0.25, -0.2) is 31.9 Å². The van der Waals surface area contributed by atoms with E-state index in [-0.39, 0.29) is 194 Å². The molecule has 5 atom stereocenters. The van der Waals surface area contributed by atoms with E-state index < -0.39 is 110 Å². The van der Waals surface area contributed by atoms with Crippen LogP contribution in [0.2, 0.25) is 10.0 Å². The number of hydrogen-bond donors (Lipinski definition) is 0. The normalized spacial score (nSPS) is 18.5. The number of carbonyl (C=O) groups excluding carboxylic acids is 3. The van der Waals surface area contributed by atoms with Crippen LogP contribution in [0.15, 0.2) is 140 Å². The lowest BCUT2D eigenvalue weighted by molar-refractivity contribution is -0.137. The summed E-state index contributed by atoms with van der Waals surface area (Å²) in [6, 6.07) is 11.9. The van der Waals surface area contributed by atoms with Crippen LogP contribution in [0.25, 0.3) is 66.1 Å². The highest BCUT2D eigenvalue weighted by molar-refractivity contribution is 8.00. The summed E-state index contributed by atoms with van der Waals surface area (Å²) in [5.74, 6) is -3.48. The lowest BCUT2D eigenvalue weighted by atomic mass is 9.95. The van der Waals surface area contributed by atoms with Gasteiger partial charge in [-0.3, -0.25) is 28.1 Å². The molecule has 9 aromatic rings. The number of nitrogens with zero attached hydrogens (tertiary/aromatic N) is 15. The zero-order valence-corrected chi connectivity index (χ0v) is 76.5. The number of ether oxygens (including phenoxy) is 3. The Morgan fingerprint density at radius 1 is 0.443 bits per heavy atom. The van der Waals surface area contributed by atoms with Crippen molar-refractivity contribution in [1.29, 1.82) is 0 Å². The Balaban J connectivity index is 0.000000167. The molecule has 3 amide bonds. The maximum Gasteiger partial charge on any atom is 0.417 e. The summed E-state index contributed by atoms with van der Waals surface area (Å²) in [6.45, 7) is 19.8. The minimum absolute atomic E-state index is 0.00484. The number of thioether (sulfide) groups is 3. The summed E-state index contributed by atoms with van der Waals surface area (Å²) in [5.41, 5.74) is -5.35. The number of halogens is 15. The van der Waals surface area contributed by atoms with Crippen LogP contribution in [-0.4, -0.2) is 271 Å². The molecule has 15 rings (SSSR count). The Labute approximate surface area is 767 Å². The second-order valence-corrected chi connectivity index (χ2v) is 36.7. The predicted octanol–water partition coefficient (Wildman–Crippen LogP) is 14.5. The van der Waals surface area contributed by atoms with Crippen molar-refractivity contribution < 1.29 is 85.7 Å². The number of amides is 3. The summed E-state index contributed by atoms with van der Waals surface area (Å²) in [6.07, 6.45) is -12.5. The lowest BCUT2D eigenvalue weighted by Crippen LogP contribution is -2.58. The average Bonchev–Trinajstić information content (AvgIpc) is 1.72. The molecule has 24 nitrogen and oxygen atoms in total. The molecule has 9 heterocycles. The van der Waals surface area contributed by atoms with Crippen LogP contribution < -0.4 is 31.8 Å². The Hall–Kier alpha value is -9.75. The molecule has 6 aliphatic rings. The molecule has 3 unspecified atom stereocenters. The number of rotatable bonds is 21. The summed E-state index contributed by atoms with van der Waals surface area (Å²) >= 11 is 15.3. The van der Waals surface area contributed by atoms with Gasteiger partial charge in [0.25, 0.3) is 0 Å². The number of carbonyl (C=O) groups is 3. The van der Waals surface area contributed by atoms with Crippen LogP contribution in [-0.2, 0) is 66.8 Å². The van der Waals surface area contributed by atoms with Crippen molar-refractivity contribution in [1.82, 2.24) is 58.1 Å². The van der Waals surface area contributed by atoms with Gasteiger partial charge in [0.05, 0.1) is 101 Å². The monoisotopic (exact) mass is 1930 g/mol. The van der Waals surface area contributed by atoms with E-state index in [4.69, 9.17) is 37.4 Å². The predicted molar refractivity (Wildman–Crippen MR) is 482 cm³/mol. The van der Waals surface area contributed by atoms with Gasteiger partial charge in [0.1, 0.15) is 40.7 Å². The molecule has 3 saturated heterocycles. The molecule has 6 aromatic carbocycles. The van der Waals surface area contributed by atoms with Crippen LogP contribution in [0, 0.1) is 23.3 Å². The molecule has 0 N–H and O–H groups in total. The molecule has 6 aliphatic heterocycles. The third-order valence-electron chi connectivity index (χ3n) is 23.0. The molecule has 0 saturated carbocycles. The highest BCUT2D eigenvalue weighted by Gasteiger charge is 2.45.